The average Bonchev–Trinajstić information content (AvgIpc) is 2.69. The minimum absolute atomic E-state index is 0.125. The van der Waals surface area contributed by atoms with E-state index in [9.17, 15) is 9.59 Å². The van der Waals surface area contributed by atoms with Gasteiger partial charge in [0, 0.05) is 31.7 Å². The van der Waals surface area contributed by atoms with Crippen LogP contribution in [0, 0.1) is 0 Å². The van der Waals surface area contributed by atoms with Crippen molar-refractivity contribution in [1.29, 1.82) is 0 Å². The number of para-hydroxylation sites is 1. The normalized spacial score (nSPS) is 16.0. The summed E-state index contributed by atoms with van der Waals surface area (Å²) in [7, 11) is 0. The summed E-state index contributed by atoms with van der Waals surface area (Å²) in [6.45, 7) is 4.63. The third kappa shape index (κ3) is 5.33. The van der Waals surface area contributed by atoms with Crippen molar-refractivity contribution in [3.05, 3.63) is 65.7 Å². The van der Waals surface area contributed by atoms with Crippen molar-refractivity contribution >= 4 is 11.9 Å². The number of carbonyl (C=O) groups is 2. The first-order chi connectivity index (χ1) is 13.5. The fraction of sp³-hybridized carbons (Fsp3) is 0.364. The van der Waals surface area contributed by atoms with Crippen LogP contribution < -0.4 is 4.74 Å². The summed E-state index contributed by atoms with van der Waals surface area (Å²) in [4.78, 5) is 27.6. The van der Waals surface area contributed by atoms with Crippen molar-refractivity contribution in [2.45, 2.75) is 26.0 Å². The lowest BCUT2D eigenvalue weighted by Crippen LogP contribution is -2.50. The zero-order valence-corrected chi connectivity index (χ0v) is 16.1. The number of aliphatic carboxylic acids is 1. The third-order valence-corrected chi connectivity index (χ3v) is 4.93. The van der Waals surface area contributed by atoms with Crippen molar-refractivity contribution in [1.82, 2.24) is 9.80 Å². The molecule has 6 nitrogen and oxygen atoms in total. The van der Waals surface area contributed by atoms with Crippen LogP contribution in [0.15, 0.2) is 54.6 Å². The molecule has 6 heteroatoms. The number of nitrogens with zero attached hydrogens (tertiary/aromatic N) is 2. The molecule has 1 aliphatic heterocycles. The summed E-state index contributed by atoms with van der Waals surface area (Å²) in [5.74, 6) is -0.326. The first kappa shape index (κ1) is 19.9. The van der Waals surface area contributed by atoms with Crippen LogP contribution in [0.4, 0.5) is 0 Å². The highest BCUT2D eigenvalue weighted by atomic mass is 16.5. The highest BCUT2D eigenvalue weighted by molar-refractivity contribution is 5.79. The lowest BCUT2D eigenvalue weighted by Gasteiger charge is -2.34. The SMILES string of the molecule is CC(Oc1ccccc1CN1CCN(CCc2ccccc2)C(=O)C1)C(=O)O. The Labute approximate surface area is 165 Å². The Morgan fingerprint density at radius 1 is 1.11 bits per heavy atom. The van der Waals surface area contributed by atoms with Gasteiger partial charge in [-0.25, -0.2) is 4.79 Å². The maximum Gasteiger partial charge on any atom is 0.344 e. The molecule has 28 heavy (non-hydrogen) atoms. The second-order valence-corrected chi connectivity index (χ2v) is 7.03. The van der Waals surface area contributed by atoms with Gasteiger partial charge in [0.25, 0.3) is 0 Å². The standard InChI is InChI=1S/C22H26N2O4/c1-17(22(26)27)28-20-10-6-5-9-19(20)15-23-13-14-24(21(25)16-23)12-11-18-7-3-2-4-8-18/h2-10,17H,11-16H2,1H3,(H,26,27). The topological polar surface area (TPSA) is 70.1 Å². The van der Waals surface area contributed by atoms with E-state index in [2.05, 4.69) is 17.0 Å². The lowest BCUT2D eigenvalue weighted by molar-refractivity contribution is -0.144. The molecule has 1 atom stereocenters. The molecule has 148 valence electrons. The van der Waals surface area contributed by atoms with E-state index in [4.69, 9.17) is 9.84 Å². The second kappa shape index (κ2) is 9.37. The van der Waals surface area contributed by atoms with Gasteiger partial charge in [-0.3, -0.25) is 9.69 Å². The fourth-order valence-corrected chi connectivity index (χ4v) is 3.27. The monoisotopic (exact) mass is 382 g/mol. The van der Waals surface area contributed by atoms with Gasteiger partial charge in [0.05, 0.1) is 6.54 Å². The van der Waals surface area contributed by atoms with Gasteiger partial charge in [-0.05, 0) is 25.0 Å². The number of hydrogen-bond donors (Lipinski definition) is 1. The number of carboxylic acids is 1. The molecule has 1 fully saturated rings. The molecular formula is C22H26N2O4. The summed E-state index contributed by atoms with van der Waals surface area (Å²) >= 11 is 0. The molecule has 1 unspecified atom stereocenters. The molecule has 2 aromatic rings. The third-order valence-electron chi connectivity index (χ3n) is 4.93. The number of ether oxygens (including phenoxy) is 1. The second-order valence-electron chi connectivity index (χ2n) is 7.03. The Kier molecular flexibility index (Phi) is 6.66. The summed E-state index contributed by atoms with van der Waals surface area (Å²) in [5, 5.41) is 9.07. The minimum Gasteiger partial charge on any atom is -0.479 e. The summed E-state index contributed by atoms with van der Waals surface area (Å²) < 4.78 is 5.56. The van der Waals surface area contributed by atoms with Crippen molar-refractivity contribution in [2.75, 3.05) is 26.2 Å². The van der Waals surface area contributed by atoms with E-state index in [-0.39, 0.29) is 5.91 Å². The van der Waals surface area contributed by atoms with Gasteiger partial charge in [0.1, 0.15) is 5.75 Å². The van der Waals surface area contributed by atoms with Gasteiger partial charge in [0.15, 0.2) is 6.10 Å². The molecule has 3 rings (SSSR count). The van der Waals surface area contributed by atoms with E-state index in [0.717, 1.165) is 25.1 Å². The molecule has 0 radical (unpaired) electrons. The Balaban J connectivity index is 1.55. The molecule has 1 amide bonds. The first-order valence-corrected chi connectivity index (χ1v) is 9.54. The summed E-state index contributed by atoms with van der Waals surface area (Å²) in [6.07, 6.45) is -0.0614. The molecule has 1 saturated heterocycles. The van der Waals surface area contributed by atoms with Crippen LogP contribution in [0.25, 0.3) is 0 Å². The van der Waals surface area contributed by atoms with Crippen LogP contribution in [0.5, 0.6) is 5.75 Å². The molecule has 1 heterocycles. The van der Waals surface area contributed by atoms with E-state index >= 15 is 0 Å². The quantitative estimate of drug-likeness (QED) is 0.759. The summed E-state index contributed by atoms with van der Waals surface area (Å²) in [5.41, 5.74) is 2.12. The minimum atomic E-state index is -1.00. The van der Waals surface area contributed by atoms with Crippen LogP contribution in [-0.2, 0) is 22.6 Å². The number of amides is 1. The zero-order chi connectivity index (χ0) is 19.9. The Bertz CT molecular complexity index is 809. The van der Waals surface area contributed by atoms with Crippen LogP contribution in [0.2, 0.25) is 0 Å². The maximum absolute atomic E-state index is 12.5. The molecular weight excluding hydrogens is 356 g/mol. The lowest BCUT2D eigenvalue weighted by atomic mass is 10.1. The van der Waals surface area contributed by atoms with E-state index in [1.807, 2.05) is 41.3 Å². The van der Waals surface area contributed by atoms with Crippen LogP contribution in [0.1, 0.15) is 18.1 Å². The van der Waals surface area contributed by atoms with Crippen LogP contribution >= 0.6 is 0 Å². The molecule has 0 aromatic heterocycles. The molecule has 2 aromatic carbocycles. The Hall–Kier alpha value is -2.86. The van der Waals surface area contributed by atoms with Gasteiger partial charge < -0.3 is 14.7 Å². The van der Waals surface area contributed by atoms with Crippen LogP contribution in [-0.4, -0.2) is 59.1 Å². The van der Waals surface area contributed by atoms with E-state index in [1.165, 1.54) is 12.5 Å². The molecule has 0 spiro atoms. The predicted molar refractivity (Wildman–Crippen MR) is 106 cm³/mol. The smallest absolute Gasteiger partial charge is 0.344 e. The number of carboxylic acid groups (broad SMARTS) is 1. The summed E-state index contributed by atoms with van der Waals surface area (Å²) in [6, 6.07) is 17.6. The van der Waals surface area contributed by atoms with E-state index < -0.39 is 12.1 Å². The molecule has 0 saturated carbocycles. The van der Waals surface area contributed by atoms with E-state index in [1.54, 1.807) is 6.07 Å². The highest BCUT2D eigenvalue weighted by Gasteiger charge is 2.24. The van der Waals surface area contributed by atoms with Crippen molar-refractivity contribution in [3.8, 4) is 5.75 Å². The van der Waals surface area contributed by atoms with Gasteiger partial charge in [-0.15, -0.1) is 0 Å². The number of piperazine rings is 1. The molecule has 0 bridgehead atoms. The predicted octanol–water partition coefficient (Wildman–Crippen LogP) is 2.43. The fourth-order valence-electron chi connectivity index (χ4n) is 3.27. The van der Waals surface area contributed by atoms with Gasteiger partial charge >= 0.3 is 5.97 Å². The Morgan fingerprint density at radius 3 is 2.54 bits per heavy atom. The average molecular weight is 382 g/mol. The van der Waals surface area contributed by atoms with Crippen molar-refractivity contribution < 1.29 is 19.4 Å². The first-order valence-electron chi connectivity index (χ1n) is 9.54. The number of hydrogen-bond acceptors (Lipinski definition) is 4. The molecule has 1 N–H and O–H groups in total. The maximum atomic E-state index is 12.5. The van der Waals surface area contributed by atoms with Crippen molar-refractivity contribution in [2.24, 2.45) is 0 Å². The van der Waals surface area contributed by atoms with Crippen molar-refractivity contribution in [3.63, 3.8) is 0 Å². The van der Waals surface area contributed by atoms with Gasteiger partial charge in [-0.2, -0.15) is 0 Å². The largest absolute Gasteiger partial charge is 0.479 e. The number of rotatable bonds is 8. The molecule has 0 aliphatic carbocycles. The van der Waals surface area contributed by atoms with Gasteiger partial charge in [-0.1, -0.05) is 48.5 Å². The Morgan fingerprint density at radius 2 is 1.82 bits per heavy atom. The van der Waals surface area contributed by atoms with Crippen LogP contribution in [0.3, 0.4) is 0 Å². The van der Waals surface area contributed by atoms with Gasteiger partial charge in [0.2, 0.25) is 5.91 Å². The van der Waals surface area contributed by atoms with E-state index in [0.29, 0.717) is 25.4 Å². The number of benzene rings is 2. The highest BCUT2D eigenvalue weighted by Crippen LogP contribution is 2.22. The molecule has 1 aliphatic rings. The zero-order valence-electron chi connectivity index (χ0n) is 16.1. The number of carbonyl (C=O) groups excluding carboxylic acids is 1.